The summed E-state index contributed by atoms with van der Waals surface area (Å²) >= 11 is 4.90. The maximum Gasteiger partial charge on any atom is 0.230 e. The second-order valence-corrected chi connectivity index (χ2v) is 7.95. The predicted octanol–water partition coefficient (Wildman–Crippen LogP) is 5.45. The Bertz CT molecular complexity index is 1130. The van der Waals surface area contributed by atoms with Gasteiger partial charge in [0.1, 0.15) is 5.82 Å². The molecule has 7 heteroatoms. The third-order valence-corrected chi connectivity index (χ3v) is 5.61. The van der Waals surface area contributed by atoms with Crippen LogP contribution in [0.1, 0.15) is 11.3 Å². The van der Waals surface area contributed by atoms with Gasteiger partial charge in [0.05, 0.1) is 12.1 Å². The van der Waals surface area contributed by atoms with Crippen LogP contribution in [-0.2, 0) is 11.2 Å². The van der Waals surface area contributed by atoms with E-state index in [2.05, 4.69) is 26.2 Å². The number of nitrogens with one attached hydrogen (secondary N) is 1. The van der Waals surface area contributed by atoms with E-state index >= 15 is 0 Å². The summed E-state index contributed by atoms with van der Waals surface area (Å²) in [5.41, 5.74) is 4.25. The topological polar surface area (TPSA) is 46.4 Å². The highest BCUT2D eigenvalue weighted by Crippen LogP contribution is 2.25. The van der Waals surface area contributed by atoms with Crippen LogP contribution in [-0.4, -0.2) is 15.3 Å². The van der Waals surface area contributed by atoms with Gasteiger partial charge in [0.15, 0.2) is 4.96 Å². The van der Waals surface area contributed by atoms with Crippen LogP contribution < -0.4 is 5.32 Å². The van der Waals surface area contributed by atoms with Crippen molar-refractivity contribution in [1.29, 1.82) is 0 Å². The highest BCUT2D eigenvalue weighted by molar-refractivity contribution is 9.10. The lowest BCUT2D eigenvalue weighted by molar-refractivity contribution is -0.115. The third-order valence-electron chi connectivity index (χ3n) is 4.23. The van der Waals surface area contributed by atoms with Crippen molar-refractivity contribution in [3.05, 3.63) is 75.6 Å². The summed E-state index contributed by atoms with van der Waals surface area (Å²) in [7, 11) is 0. The largest absolute Gasteiger partial charge is 0.326 e. The molecule has 0 spiro atoms. The Hall–Kier alpha value is -2.51. The molecule has 1 amide bonds. The van der Waals surface area contributed by atoms with E-state index in [1.165, 1.54) is 23.5 Å². The van der Waals surface area contributed by atoms with Crippen LogP contribution in [0.25, 0.3) is 16.2 Å². The fourth-order valence-corrected chi connectivity index (χ4v) is 4.19. The molecular formula is C20H15BrFN3OS. The summed E-state index contributed by atoms with van der Waals surface area (Å²) in [5, 5.41) is 4.89. The summed E-state index contributed by atoms with van der Waals surface area (Å²) in [6.07, 6.45) is 2.13. The number of imidazole rings is 1. The Morgan fingerprint density at radius 3 is 2.78 bits per heavy atom. The summed E-state index contributed by atoms with van der Waals surface area (Å²) in [5.74, 6) is -0.363. The second-order valence-electron chi connectivity index (χ2n) is 6.20. The number of rotatable bonds is 4. The molecule has 2 heterocycles. The fourth-order valence-electron chi connectivity index (χ4n) is 2.84. The lowest BCUT2D eigenvalue weighted by Gasteiger charge is -2.08. The van der Waals surface area contributed by atoms with E-state index < -0.39 is 0 Å². The van der Waals surface area contributed by atoms with Crippen molar-refractivity contribution in [3.8, 4) is 11.3 Å². The van der Waals surface area contributed by atoms with Gasteiger partial charge in [-0.2, -0.15) is 0 Å². The number of hydrogen-bond acceptors (Lipinski definition) is 3. The van der Waals surface area contributed by atoms with Crippen molar-refractivity contribution in [2.24, 2.45) is 0 Å². The minimum absolute atomic E-state index is 0.0860. The zero-order valence-electron chi connectivity index (χ0n) is 14.4. The van der Waals surface area contributed by atoms with Gasteiger partial charge in [-0.3, -0.25) is 9.20 Å². The number of carbonyl (C=O) groups excluding carboxylic acids is 1. The number of fused-ring (bicyclic) bond motifs is 1. The SMILES string of the molecule is Cc1cc(Br)ccc1NC(=O)Cc1csc2nc(-c3ccc(F)cc3)cn12. The maximum absolute atomic E-state index is 13.1. The summed E-state index contributed by atoms with van der Waals surface area (Å²) in [6, 6.07) is 12.0. The van der Waals surface area contributed by atoms with Gasteiger partial charge >= 0.3 is 0 Å². The number of aromatic nitrogens is 2. The Kier molecular flexibility index (Phi) is 4.80. The number of carbonyl (C=O) groups is 1. The molecule has 0 bridgehead atoms. The number of thiazole rings is 1. The minimum atomic E-state index is -0.277. The van der Waals surface area contributed by atoms with E-state index in [4.69, 9.17) is 0 Å². The van der Waals surface area contributed by atoms with Crippen molar-refractivity contribution in [3.63, 3.8) is 0 Å². The molecule has 4 rings (SSSR count). The van der Waals surface area contributed by atoms with Crippen LogP contribution in [0.4, 0.5) is 10.1 Å². The zero-order chi connectivity index (χ0) is 19.0. The van der Waals surface area contributed by atoms with E-state index in [0.717, 1.165) is 37.6 Å². The molecule has 136 valence electrons. The first-order valence-corrected chi connectivity index (χ1v) is 9.94. The van der Waals surface area contributed by atoms with Gasteiger partial charge in [-0.1, -0.05) is 15.9 Å². The van der Waals surface area contributed by atoms with Gasteiger partial charge in [0, 0.05) is 33.0 Å². The van der Waals surface area contributed by atoms with Crippen LogP contribution in [0.2, 0.25) is 0 Å². The minimum Gasteiger partial charge on any atom is -0.326 e. The first kappa shape index (κ1) is 17.9. The Balaban J connectivity index is 1.55. The molecular weight excluding hydrogens is 429 g/mol. The Morgan fingerprint density at radius 1 is 1.26 bits per heavy atom. The van der Waals surface area contributed by atoms with Crippen molar-refractivity contribution in [2.75, 3.05) is 5.32 Å². The normalized spacial score (nSPS) is 11.1. The van der Waals surface area contributed by atoms with Gasteiger partial charge < -0.3 is 5.32 Å². The van der Waals surface area contributed by atoms with Crippen molar-refractivity contribution in [2.45, 2.75) is 13.3 Å². The molecule has 0 fully saturated rings. The molecule has 27 heavy (non-hydrogen) atoms. The van der Waals surface area contributed by atoms with Gasteiger partial charge in [0.25, 0.3) is 0 Å². The number of anilines is 1. The quantitative estimate of drug-likeness (QED) is 0.455. The highest BCUT2D eigenvalue weighted by atomic mass is 79.9. The van der Waals surface area contributed by atoms with E-state index in [9.17, 15) is 9.18 Å². The number of hydrogen-bond donors (Lipinski definition) is 1. The van der Waals surface area contributed by atoms with E-state index in [1.54, 1.807) is 12.1 Å². The summed E-state index contributed by atoms with van der Waals surface area (Å²) in [4.78, 5) is 17.9. The first-order valence-electron chi connectivity index (χ1n) is 8.27. The predicted molar refractivity (Wildman–Crippen MR) is 110 cm³/mol. The first-order chi connectivity index (χ1) is 13.0. The molecule has 0 aliphatic heterocycles. The van der Waals surface area contributed by atoms with Crippen molar-refractivity contribution >= 4 is 43.8 Å². The number of nitrogens with zero attached hydrogens (tertiary/aromatic N) is 2. The molecule has 0 saturated carbocycles. The average Bonchev–Trinajstić information content (AvgIpc) is 3.20. The van der Waals surface area contributed by atoms with E-state index in [1.807, 2.05) is 41.1 Å². The van der Waals surface area contributed by atoms with Gasteiger partial charge in [-0.25, -0.2) is 9.37 Å². The van der Waals surface area contributed by atoms with Gasteiger partial charge in [0.2, 0.25) is 5.91 Å². The zero-order valence-corrected chi connectivity index (χ0v) is 16.8. The molecule has 0 aliphatic rings. The van der Waals surface area contributed by atoms with Crippen LogP contribution in [0.5, 0.6) is 0 Å². The molecule has 2 aromatic carbocycles. The monoisotopic (exact) mass is 443 g/mol. The molecule has 1 N–H and O–H groups in total. The smallest absolute Gasteiger partial charge is 0.230 e. The molecule has 0 saturated heterocycles. The van der Waals surface area contributed by atoms with Crippen LogP contribution in [0.3, 0.4) is 0 Å². The second kappa shape index (κ2) is 7.25. The number of aryl methyl sites for hydroxylation is 1. The lowest BCUT2D eigenvalue weighted by Crippen LogP contribution is -2.16. The van der Waals surface area contributed by atoms with Gasteiger partial charge in [-0.15, -0.1) is 11.3 Å². The lowest BCUT2D eigenvalue weighted by atomic mass is 10.2. The number of benzene rings is 2. The summed E-state index contributed by atoms with van der Waals surface area (Å²) < 4.78 is 16.0. The van der Waals surface area contributed by atoms with Crippen LogP contribution in [0.15, 0.2) is 58.5 Å². The molecule has 0 unspecified atom stereocenters. The van der Waals surface area contributed by atoms with Crippen LogP contribution >= 0.6 is 27.3 Å². The number of halogens is 2. The Labute approximate surface area is 167 Å². The van der Waals surface area contributed by atoms with Gasteiger partial charge in [-0.05, 0) is 55.0 Å². The molecule has 2 aromatic heterocycles. The fraction of sp³-hybridized carbons (Fsp3) is 0.100. The van der Waals surface area contributed by atoms with Crippen molar-refractivity contribution < 1.29 is 9.18 Å². The highest BCUT2D eigenvalue weighted by Gasteiger charge is 2.13. The molecule has 4 aromatic rings. The molecule has 0 atom stereocenters. The third kappa shape index (κ3) is 3.79. The van der Waals surface area contributed by atoms with E-state index in [0.29, 0.717) is 0 Å². The molecule has 0 aliphatic carbocycles. The average molecular weight is 444 g/mol. The summed E-state index contributed by atoms with van der Waals surface area (Å²) in [6.45, 7) is 1.95. The van der Waals surface area contributed by atoms with E-state index in [-0.39, 0.29) is 18.1 Å². The van der Waals surface area contributed by atoms with Crippen molar-refractivity contribution in [1.82, 2.24) is 9.38 Å². The molecule has 0 radical (unpaired) electrons. The Morgan fingerprint density at radius 2 is 2.04 bits per heavy atom. The maximum atomic E-state index is 13.1. The van der Waals surface area contributed by atoms with Crippen LogP contribution in [0, 0.1) is 12.7 Å². The molecule has 4 nitrogen and oxygen atoms in total. The number of amides is 1. The standard InChI is InChI=1S/C20H15BrFN3OS/c1-12-8-14(21)4-7-17(12)23-19(26)9-16-11-27-20-24-18(10-25(16)20)13-2-5-15(22)6-3-13/h2-8,10-11H,9H2,1H3,(H,23,26).